The van der Waals surface area contributed by atoms with Crippen LogP contribution in [0.4, 0.5) is 0 Å². The Hall–Kier alpha value is -1.39. The Bertz CT molecular complexity index is 447. The molecule has 4 nitrogen and oxygen atoms in total. The largest absolute Gasteiger partial charge is 0.395 e. The Labute approximate surface area is 101 Å². The SMILES string of the molecule is CCC(c1nc2ccccc2[nH]1)N(C)CCO. The number of aliphatic hydroxyl groups is 1. The number of imidazole rings is 1. The molecule has 0 aliphatic rings. The zero-order chi connectivity index (χ0) is 12.3. The summed E-state index contributed by atoms with van der Waals surface area (Å²) in [5, 5.41) is 9.00. The standard InChI is InChI=1S/C13H19N3O/c1-3-12(16(2)8-9-17)13-14-10-6-4-5-7-11(10)15-13/h4-7,12,17H,3,8-9H2,1-2H3,(H,14,15). The van der Waals surface area contributed by atoms with E-state index in [1.54, 1.807) is 0 Å². The van der Waals surface area contributed by atoms with Gasteiger partial charge in [0.15, 0.2) is 0 Å². The van der Waals surface area contributed by atoms with Crippen LogP contribution in [0.1, 0.15) is 25.2 Å². The monoisotopic (exact) mass is 233 g/mol. The quantitative estimate of drug-likeness (QED) is 0.829. The number of aromatic nitrogens is 2. The molecule has 0 aliphatic heterocycles. The molecule has 92 valence electrons. The van der Waals surface area contributed by atoms with Crippen LogP contribution in [0.2, 0.25) is 0 Å². The highest BCUT2D eigenvalue weighted by Crippen LogP contribution is 2.22. The second kappa shape index (κ2) is 5.29. The van der Waals surface area contributed by atoms with Gasteiger partial charge in [-0.25, -0.2) is 4.98 Å². The topological polar surface area (TPSA) is 52.2 Å². The van der Waals surface area contributed by atoms with Gasteiger partial charge in [0, 0.05) is 6.54 Å². The summed E-state index contributed by atoms with van der Waals surface area (Å²) in [7, 11) is 2.01. The van der Waals surface area contributed by atoms with Gasteiger partial charge in [-0.3, -0.25) is 4.90 Å². The van der Waals surface area contributed by atoms with Crippen molar-refractivity contribution in [3.05, 3.63) is 30.1 Å². The first kappa shape index (κ1) is 12.1. The van der Waals surface area contributed by atoms with Crippen LogP contribution in [-0.2, 0) is 0 Å². The van der Waals surface area contributed by atoms with Crippen molar-refractivity contribution in [1.29, 1.82) is 0 Å². The average molecular weight is 233 g/mol. The molecular formula is C13H19N3O. The van der Waals surface area contributed by atoms with Gasteiger partial charge in [-0.1, -0.05) is 19.1 Å². The third-order valence-electron chi connectivity index (χ3n) is 3.09. The highest BCUT2D eigenvalue weighted by Gasteiger charge is 2.18. The fourth-order valence-electron chi connectivity index (χ4n) is 2.16. The van der Waals surface area contributed by atoms with E-state index in [1.807, 2.05) is 31.3 Å². The second-order valence-corrected chi connectivity index (χ2v) is 4.27. The minimum absolute atomic E-state index is 0.174. The summed E-state index contributed by atoms with van der Waals surface area (Å²) in [5.74, 6) is 0.977. The fraction of sp³-hybridized carbons (Fsp3) is 0.462. The van der Waals surface area contributed by atoms with Gasteiger partial charge in [0.1, 0.15) is 5.82 Å². The molecule has 0 fully saturated rings. The van der Waals surface area contributed by atoms with Crippen molar-refractivity contribution in [2.75, 3.05) is 20.2 Å². The highest BCUT2D eigenvalue weighted by molar-refractivity contribution is 5.74. The van der Waals surface area contributed by atoms with Crippen molar-refractivity contribution in [2.24, 2.45) is 0 Å². The van der Waals surface area contributed by atoms with Gasteiger partial charge < -0.3 is 10.1 Å². The maximum absolute atomic E-state index is 9.00. The molecule has 2 N–H and O–H groups in total. The highest BCUT2D eigenvalue weighted by atomic mass is 16.3. The van der Waals surface area contributed by atoms with Crippen molar-refractivity contribution in [1.82, 2.24) is 14.9 Å². The van der Waals surface area contributed by atoms with Gasteiger partial charge in [-0.05, 0) is 25.6 Å². The van der Waals surface area contributed by atoms with Crippen molar-refractivity contribution >= 4 is 11.0 Å². The van der Waals surface area contributed by atoms with E-state index in [9.17, 15) is 0 Å². The Kier molecular flexibility index (Phi) is 3.76. The molecule has 2 aromatic rings. The first-order valence-electron chi connectivity index (χ1n) is 6.02. The zero-order valence-corrected chi connectivity index (χ0v) is 10.3. The molecule has 0 amide bonds. The summed E-state index contributed by atoms with van der Waals surface area (Å²) < 4.78 is 0. The van der Waals surface area contributed by atoms with Gasteiger partial charge in [-0.15, -0.1) is 0 Å². The van der Waals surface area contributed by atoms with Crippen molar-refractivity contribution in [3.8, 4) is 0 Å². The molecule has 0 bridgehead atoms. The molecule has 0 saturated carbocycles. The zero-order valence-electron chi connectivity index (χ0n) is 10.3. The number of aliphatic hydroxyl groups excluding tert-OH is 1. The number of likely N-dealkylation sites (N-methyl/N-ethyl adjacent to an activating group) is 1. The van der Waals surface area contributed by atoms with Crippen molar-refractivity contribution in [2.45, 2.75) is 19.4 Å². The lowest BCUT2D eigenvalue weighted by atomic mass is 10.2. The predicted octanol–water partition coefficient (Wildman–Crippen LogP) is 1.94. The van der Waals surface area contributed by atoms with Crippen LogP contribution < -0.4 is 0 Å². The van der Waals surface area contributed by atoms with E-state index in [0.717, 1.165) is 23.3 Å². The third kappa shape index (κ3) is 2.48. The van der Waals surface area contributed by atoms with Gasteiger partial charge >= 0.3 is 0 Å². The van der Waals surface area contributed by atoms with Crippen LogP contribution in [0.15, 0.2) is 24.3 Å². The van der Waals surface area contributed by atoms with E-state index in [2.05, 4.69) is 21.8 Å². The maximum atomic E-state index is 9.00. The Morgan fingerprint density at radius 1 is 1.41 bits per heavy atom. The molecule has 1 unspecified atom stereocenters. The van der Waals surface area contributed by atoms with E-state index in [0.29, 0.717) is 6.54 Å². The maximum Gasteiger partial charge on any atom is 0.124 e. The summed E-state index contributed by atoms with van der Waals surface area (Å²) in [4.78, 5) is 10.1. The molecule has 0 radical (unpaired) electrons. The lowest BCUT2D eigenvalue weighted by Gasteiger charge is -2.24. The number of rotatable bonds is 5. The molecule has 17 heavy (non-hydrogen) atoms. The minimum atomic E-state index is 0.174. The van der Waals surface area contributed by atoms with E-state index in [1.165, 1.54) is 0 Å². The number of H-pyrrole nitrogens is 1. The van der Waals surface area contributed by atoms with Crippen LogP contribution >= 0.6 is 0 Å². The molecular weight excluding hydrogens is 214 g/mol. The Morgan fingerprint density at radius 3 is 2.82 bits per heavy atom. The molecule has 1 heterocycles. The predicted molar refractivity (Wildman–Crippen MR) is 68.8 cm³/mol. The number of nitrogens with one attached hydrogen (secondary N) is 1. The normalized spacial score (nSPS) is 13.4. The summed E-state index contributed by atoms with van der Waals surface area (Å²) in [5.41, 5.74) is 2.07. The molecule has 2 rings (SSSR count). The van der Waals surface area contributed by atoms with Crippen molar-refractivity contribution < 1.29 is 5.11 Å². The summed E-state index contributed by atoms with van der Waals surface area (Å²) >= 11 is 0. The van der Waals surface area contributed by atoms with Crippen LogP contribution in [0.25, 0.3) is 11.0 Å². The summed E-state index contributed by atoms with van der Waals surface area (Å²) in [6, 6.07) is 8.27. The Morgan fingerprint density at radius 2 is 2.18 bits per heavy atom. The van der Waals surface area contributed by atoms with Crippen LogP contribution in [0, 0.1) is 0 Å². The van der Waals surface area contributed by atoms with Crippen LogP contribution in [0.3, 0.4) is 0 Å². The summed E-state index contributed by atoms with van der Waals surface area (Å²) in [6.07, 6.45) is 0.969. The van der Waals surface area contributed by atoms with Crippen LogP contribution in [0.5, 0.6) is 0 Å². The molecule has 1 atom stereocenters. The second-order valence-electron chi connectivity index (χ2n) is 4.27. The lowest BCUT2D eigenvalue weighted by molar-refractivity contribution is 0.173. The number of hydrogen-bond donors (Lipinski definition) is 2. The molecule has 0 spiro atoms. The number of benzene rings is 1. The van der Waals surface area contributed by atoms with E-state index < -0.39 is 0 Å². The molecule has 0 aliphatic carbocycles. The van der Waals surface area contributed by atoms with Crippen molar-refractivity contribution in [3.63, 3.8) is 0 Å². The van der Waals surface area contributed by atoms with Gasteiger partial charge in [0.2, 0.25) is 0 Å². The Balaban J connectivity index is 2.29. The van der Waals surface area contributed by atoms with E-state index >= 15 is 0 Å². The molecule has 4 heteroatoms. The third-order valence-corrected chi connectivity index (χ3v) is 3.09. The minimum Gasteiger partial charge on any atom is -0.395 e. The first-order valence-corrected chi connectivity index (χ1v) is 6.02. The lowest BCUT2D eigenvalue weighted by Crippen LogP contribution is -2.27. The van der Waals surface area contributed by atoms with Gasteiger partial charge in [0.05, 0.1) is 23.7 Å². The average Bonchev–Trinajstić information content (AvgIpc) is 2.73. The fourth-order valence-corrected chi connectivity index (χ4v) is 2.16. The number of fused-ring (bicyclic) bond motifs is 1. The number of nitrogens with zero attached hydrogens (tertiary/aromatic N) is 2. The number of aromatic amines is 1. The van der Waals surface area contributed by atoms with E-state index in [4.69, 9.17) is 5.11 Å². The van der Waals surface area contributed by atoms with Gasteiger partial charge in [0.25, 0.3) is 0 Å². The smallest absolute Gasteiger partial charge is 0.124 e. The number of para-hydroxylation sites is 2. The van der Waals surface area contributed by atoms with E-state index in [-0.39, 0.29) is 12.6 Å². The van der Waals surface area contributed by atoms with Gasteiger partial charge in [-0.2, -0.15) is 0 Å². The molecule has 0 saturated heterocycles. The first-order chi connectivity index (χ1) is 8.26. The summed E-state index contributed by atoms with van der Waals surface area (Å²) in [6.45, 7) is 2.97. The van der Waals surface area contributed by atoms with Crippen LogP contribution in [-0.4, -0.2) is 40.2 Å². The molecule has 1 aromatic heterocycles. The number of hydrogen-bond acceptors (Lipinski definition) is 3. The molecule has 1 aromatic carbocycles.